The van der Waals surface area contributed by atoms with Crippen LogP contribution in [0.25, 0.3) is 0 Å². The largest absolute Gasteiger partial charge is 0.376 e. The average molecular weight is 256 g/mol. The van der Waals surface area contributed by atoms with Gasteiger partial charge in [0.1, 0.15) is 0 Å². The first-order valence-corrected chi connectivity index (χ1v) is 6.57. The first-order valence-electron chi connectivity index (χ1n) is 5.74. The number of carbonyl (C=O) groups is 1. The van der Waals surface area contributed by atoms with Crippen molar-refractivity contribution in [3.63, 3.8) is 0 Å². The molecule has 1 aliphatic heterocycles. The molecule has 2 heterocycles. The molecule has 0 aliphatic carbocycles. The fourth-order valence-corrected chi connectivity index (χ4v) is 2.14. The monoisotopic (exact) mass is 256 g/mol. The Hall–Kier alpha value is -1.05. The molecule has 2 N–H and O–H groups in total. The number of aromatic nitrogens is 2. The van der Waals surface area contributed by atoms with Crippen molar-refractivity contribution in [1.82, 2.24) is 20.2 Å². The van der Waals surface area contributed by atoms with Gasteiger partial charge in [-0.3, -0.25) is 4.79 Å². The molecule has 2 rings (SSSR count). The third kappa shape index (κ3) is 4.03. The molecule has 1 fully saturated rings. The summed E-state index contributed by atoms with van der Waals surface area (Å²) in [6.45, 7) is 3.09. The number of carbonyl (C=O) groups excluding carboxylic acids is 1. The molecule has 1 aromatic heterocycles. The molecule has 0 radical (unpaired) electrons. The smallest absolute Gasteiger partial charge is 0.272 e. The molecular formula is C10H16N4O2S. The average Bonchev–Trinajstić information content (AvgIpc) is 2.89. The summed E-state index contributed by atoms with van der Waals surface area (Å²) < 4.78 is 9.30. The second-order valence-corrected chi connectivity index (χ2v) is 4.48. The van der Waals surface area contributed by atoms with E-state index in [1.807, 2.05) is 0 Å². The maximum Gasteiger partial charge on any atom is 0.272 e. The molecule has 0 bridgehead atoms. The van der Waals surface area contributed by atoms with Crippen LogP contribution in [-0.4, -0.2) is 47.8 Å². The van der Waals surface area contributed by atoms with Gasteiger partial charge >= 0.3 is 0 Å². The van der Waals surface area contributed by atoms with Gasteiger partial charge in [-0.2, -0.15) is 0 Å². The first kappa shape index (κ1) is 12.4. The van der Waals surface area contributed by atoms with Gasteiger partial charge in [-0.05, 0) is 37.5 Å². The van der Waals surface area contributed by atoms with Crippen molar-refractivity contribution in [2.45, 2.75) is 18.9 Å². The van der Waals surface area contributed by atoms with Crippen LogP contribution < -0.4 is 10.6 Å². The summed E-state index contributed by atoms with van der Waals surface area (Å²) in [6.07, 6.45) is 2.42. The first-order chi connectivity index (χ1) is 8.36. The molecule has 1 saturated heterocycles. The summed E-state index contributed by atoms with van der Waals surface area (Å²) in [6, 6.07) is 0. The lowest BCUT2D eigenvalue weighted by molar-refractivity contribution is 0.0343. The summed E-state index contributed by atoms with van der Waals surface area (Å²) in [5, 5.41) is 11.3. The highest BCUT2D eigenvalue weighted by atomic mass is 32.1. The molecule has 1 aliphatic rings. The molecule has 94 valence electrons. The predicted octanol–water partition coefficient (Wildman–Crippen LogP) is 0.0365. The third-order valence-corrected chi connectivity index (χ3v) is 3.12. The van der Waals surface area contributed by atoms with Gasteiger partial charge in [0.05, 0.1) is 12.7 Å². The van der Waals surface area contributed by atoms with E-state index in [9.17, 15) is 4.79 Å². The van der Waals surface area contributed by atoms with Crippen molar-refractivity contribution in [3.8, 4) is 0 Å². The fourth-order valence-electron chi connectivity index (χ4n) is 1.71. The van der Waals surface area contributed by atoms with E-state index in [0.29, 0.717) is 24.9 Å². The number of piperidine rings is 1. The van der Waals surface area contributed by atoms with Crippen LogP contribution in [0.4, 0.5) is 0 Å². The minimum absolute atomic E-state index is 0.187. The summed E-state index contributed by atoms with van der Waals surface area (Å²) in [5.74, 6) is -0.187. The van der Waals surface area contributed by atoms with Crippen molar-refractivity contribution in [2.24, 2.45) is 0 Å². The number of hydrogen-bond donors (Lipinski definition) is 2. The number of nitrogens with zero attached hydrogens (tertiary/aromatic N) is 2. The standard InChI is InChI=1S/C10H16N4O2S/c15-10(9-7-17-14-13-9)12-5-6-16-8-1-3-11-4-2-8/h7-8,11H,1-6H2,(H,12,15). The van der Waals surface area contributed by atoms with Crippen molar-refractivity contribution in [2.75, 3.05) is 26.2 Å². The van der Waals surface area contributed by atoms with Gasteiger partial charge in [0.15, 0.2) is 5.69 Å². The summed E-state index contributed by atoms with van der Waals surface area (Å²) >= 11 is 1.17. The van der Waals surface area contributed by atoms with Gasteiger partial charge < -0.3 is 15.4 Å². The van der Waals surface area contributed by atoms with Crippen LogP contribution in [0.3, 0.4) is 0 Å². The number of rotatable bonds is 5. The van der Waals surface area contributed by atoms with E-state index in [0.717, 1.165) is 25.9 Å². The van der Waals surface area contributed by atoms with Crippen molar-refractivity contribution < 1.29 is 9.53 Å². The Morgan fingerprint density at radius 2 is 2.41 bits per heavy atom. The highest BCUT2D eigenvalue weighted by Crippen LogP contribution is 2.06. The number of nitrogens with one attached hydrogen (secondary N) is 2. The second-order valence-electron chi connectivity index (χ2n) is 3.87. The van der Waals surface area contributed by atoms with E-state index in [2.05, 4.69) is 20.2 Å². The van der Waals surface area contributed by atoms with Crippen molar-refractivity contribution in [1.29, 1.82) is 0 Å². The molecule has 6 nitrogen and oxygen atoms in total. The highest BCUT2D eigenvalue weighted by Gasteiger charge is 2.13. The molecule has 7 heteroatoms. The van der Waals surface area contributed by atoms with Gasteiger partial charge in [-0.25, -0.2) is 0 Å². The van der Waals surface area contributed by atoms with E-state index in [1.54, 1.807) is 5.38 Å². The Morgan fingerprint density at radius 3 is 3.12 bits per heavy atom. The molecule has 1 amide bonds. The summed E-state index contributed by atoms with van der Waals surface area (Å²) in [5.41, 5.74) is 0.372. The molecule has 0 saturated carbocycles. The van der Waals surface area contributed by atoms with Crippen LogP contribution in [0.5, 0.6) is 0 Å². The zero-order valence-corrected chi connectivity index (χ0v) is 10.3. The Kier molecular flexibility index (Phi) is 4.84. The van der Waals surface area contributed by atoms with E-state index >= 15 is 0 Å². The maximum atomic E-state index is 11.5. The van der Waals surface area contributed by atoms with Gasteiger partial charge in [0.25, 0.3) is 5.91 Å². The second kappa shape index (κ2) is 6.63. The molecule has 0 atom stereocenters. The number of hydrogen-bond acceptors (Lipinski definition) is 6. The highest BCUT2D eigenvalue weighted by molar-refractivity contribution is 7.03. The van der Waals surface area contributed by atoms with Crippen LogP contribution in [0, 0.1) is 0 Å². The van der Waals surface area contributed by atoms with Gasteiger partial charge in [0.2, 0.25) is 0 Å². The molecule has 0 aromatic carbocycles. The quantitative estimate of drug-likeness (QED) is 0.727. The molecule has 0 spiro atoms. The Morgan fingerprint density at radius 1 is 1.59 bits per heavy atom. The van der Waals surface area contributed by atoms with E-state index in [-0.39, 0.29) is 5.91 Å². The normalized spacial score (nSPS) is 16.9. The predicted molar refractivity (Wildman–Crippen MR) is 64.1 cm³/mol. The van der Waals surface area contributed by atoms with Crippen LogP contribution in [0.1, 0.15) is 23.3 Å². The zero-order chi connectivity index (χ0) is 11.9. The molecule has 1 aromatic rings. The van der Waals surface area contributed by atoms with Crippen molar-refractivity contribution in [3.05, 3.63) is 11.1 Å². The zero-order valence-electron chi connectivity index (χ0n) is 9.52. The Balaban J connectivity index is 1.58. The summed E-state index contributed by atoms with van der Waals surface area (Å²) in [4.78, 5) is 11.5. The number of ether oxygens (including phenoxy) is 1. The fraction of sp³-hybridized carbons (Fsp3) is 0.700. The lowest BCUT2D eigenvalue weighted by Gasteiger charge is -2.22. The van der Waals surface area contributed by atoms with Crippen LogP contribution >= 0.6 is 11.5 Å². The molecule has 17 heavy (non-hydrogen) atoms. The van der Waals surface area contributed by atoms with Gasteiger partial charge in [-0.15, -0.1) is 5.10 Å². The molecular weight excluding hydrogens is 240 g/mol. The lowest BCUT2D eigenvalue weighted by atomic mass is 10.1. The van der Waals surface area contributed by atoms with E-state index in [4.69, 9.17) is 4.74 Å². The van der Waals surface area contributed by atoms with Crippen LogP contribution in [0.15, 0.2) is 5.38 Å². The van der Waals surface area contributed by atoms with E-state index < -0.39 is 0 Å². The Labute approximate surface area is 104 Å². The topological polar surface area (TPSA) is 76.1 Å². The molecule has 0 unspecified atom stereocenters. The minimum Gasteiger partial charge on any atom is -0.376 e. The van der Waals surface area contributed by atoms with Crippen molar-refractivity contribution >= 4 is 17.4 Å². The maximum absolute atomic E-state index is 11.5. The van der Waals surface area contributed by atoms with Gasteiger partial charge in [-0.1, -0.05) is 4.49 Å². The minimum atomic E-state index is -0.187. The SMILES string of the molecule is O=C(NCCOC1CCNCC1)c1csnn1. The van der Waals surface area contributed by atoms with Crippen LogP contribution in [0.2, 0.25) is 0 Å². The lowest BCUT2D eigenvalue weighted by Crippen LogP contribution is -2.34. The summed E-state index contributed by atoms with van der Waals surface area (Å²) in [7, 11) is 0. The van der Waals surface area contributed by atoms with Crippen LogP contribution in [-0.2, 0) is 4.74 Å². The van der Waals surface area contributed by atoms with Gasteiger partial charge in [0, 0.05) is 11.9 Å². The van der Waals surface area contributed by atoms with E-state index in [1.165, 1.54) is 11.5 Å². The Bertz CT molecular complexity index is 338. The third-order valence-electron chi connectivity index (χ3n) is 2.62. The number of amides is 1.